The number of sulfonamides is 1. The predicted molar refractivity (Wildman–Crippen MR) is 82.2 cm³/mol. The maximum atomic E-state index is 11.8. The lowest BCUT2D eigenvalue weighted by atomic mass is 10.1. The SMILES string of the molecule is CC(C)S(=O)(=O)Nc1ccc(Cc2c[c]ccc2)cc1. The van der Waals surface area contributed by atoms with Gasteiger partial charge in [-0.3, -0.25) is 4.72 Å². The van der Waals surface area contributed by atoms with Gasteiger partial charge in [-0.2, -0.15) is 0 Å². The first kappa shape index (κ1) is 14.6. The molecule has 2 rings (SSSR count). The summed E-state index contributed by atoms with van der Waals surface area (Å²) in [7, 11) is -3.28. The van der Waals surface area contributed by atoms with Gasteiger partial charge in [0.05, 0.1) is 5.25 Å². The van der Waals surface area contributed by atoms with Crippen LogP contribution in [-0.2, 0) is 16.4 Å². The molecule has 105 valence electrons. The van der Waals surface area contributed by atoms with Gasteiger partial charge >= 0.3 is 0 Å². The zero-order chi connectivity index (χ0) is 14.6. The Morgan fingerprint density at radius 3 is 2.35 bits per heavy atom. The minimum Gasteiger partial charge on any atom is -0.283 e. The van der Waals surface area contributed by atoms with Gasteiger partial charge in [-0.05, 0) is 49.6 Å². The fourth-order valence-corrected chi connectivity index (χ4v) is 2.45. The molecule has 1 radical (unpaired) electrons. The molecule has 0 aromatic heterocycles. The van der Waals surface area contributed by atoms with Crippen LogP contribution in [-0.4, -0.2) is 13.7 Å². The molecule has 0 heterocycles. The summed E-state index contributed by atoms with van der Waals surface area (Å²) in [4.78, 5) is 0. The second kappa shape index (κ2) is 6.09. The number of hydrogen-bond donors (Lipinski definition) is 1. The molecule has 0 atom stereocenters. The molecule has 0 saturated carbocycles. The Morgan fingerprint density at radius 2 is 1.80 bits per heavy atom. The molecule has 0 fully saturated rings. The van der Waals surface area contributed by atoms with Gasteiger partial charge in [0.25, 0.3) is 0 Å². The third-order valence-corrected chi connectivity index (χ3v) is 4.78. The van der Waals surface area contributed by atoms with Crippen LogP contribution >= 0.6 is 0 Å². The van der Waals surface area contributed by atoms with Crippen LogP contribution in [0.3, 0.4) is 0 Å². The summed E-state index contributed by atoms with van der Waals surface area (Å²) in [5.74, 6) is 0. The highest BCUT2D eigenvalue weighted by Crippen LogP contribution is 2.15. The monoisotopic (exact) mass is 288 g/mol. The third kappa shape index (κ3) is 3.84. The fourth-order valence-electron chi connectivity index (χ4n) is 1.75. The van der Waals surface area contributed by atoms with E-state index in [0.29, 0.717) is 5.69 Å². The van der Waals surface area contributed by atoms with Crippen LogP contribution in [0.25, 0.3) is 0 Å². The van der Waals surface area contributed by atoms with E-state index in [-0.39, 0.29) is 0 Å². The van der Waals surface area contributed by atoms with Crippen LogP contribution in [0.1, 0.15) is 25.0 Å². The summed E-state index contributed by atoms with van der Waals surface area (Å²) in [6.45, 7) is 3.31. The smallest absolute Gasteiger partial charge is 0.235 e. The van der Waals surface area contributed by atoms with Crippen molar-refractivity contribution >= 4 is 15.7 Å². The summed E-state index contributed by atoms with van der Waals surface area (Å²) >= 11 is 0. The Morgan fingerprint density at radius 1 is 1.10 bits per heavy atom. The molecular weight excluding hydrogens is 270 g/mol. The molecule has 1 N–H and O–H groups in total. The standard InChI is InChI=1S/C16H18NO2S/c1-13(2)20(18,19)17-16-10-8-15(9-11-16)12-14-6-4-3-5-7-14/h3-4,6-11,13,17H,12H2,1-2H3. The Hall–Kier alpha value is -1.81. The molecule has 0 bridgehead atoms. The van der Waals surface area contributed by atoms with Crippen LogP contribution in [0.15, 0.2) is 48.5 Å². The lowest BCUT2D eigenvalue weighted by Crippen LogP contribution is -2.22. The molecule has 0 amide bonds. The van der Waals surface area contributed by atoms with E-state index in [1.807, 2.05) is 36.4 Å². The lowest BCUT2D eigenvalue weighted by Gasteiger charge is -2.11. The quantitative estimate of drug-likeness (QED) is 0.918. The summed E-state index contributed by atoms with van der Waals surface area (Å²) < 4.78 is 26.1. The van der Waals surface area contributed by atoms with Gasteiger partial charge in [-0.1, -0.05) is 36.4 Å². The molecule has 2 aromatic rings. The van der Waals surface area contributed by atoms with E-state index in [1.165, 1.54) is 5.56 Å². The molecule has 0 aliphatic rings. The third-order valence-electron chi connectivity index (χ3n) is 3.01. The molecule has 0 aliphatic heterocycles. The predicted octanol–water partition coefficient (Wildman–Crippen LogP) is 3.23. The highest BCUT2D eigenvalue weighted by Gasteiger charge is 2.15. The van der Waals surface area contributed by atoms with Gasteiger partial charge in [-0.15, -0.1) is 0 Å². The molecule has 0 aliphatic carbocycles. The van der Waals surface area contributed by atoms with Crippen LogP contribution in [0.5, 0.6) is 0 Å². The lowest BCUT2D eigenvalue weighted by molar-refractivity contribution is 0.593. The molecule has 3 nitrogen and oxygen atoms in total. The Labute approximate surface area is 120 Å². The maximum Gasteiger partial charge on any atom is 0.235 e. The number of rotatable bonds is 5. The zero-order valence-electron chi connectivity index (χ0n) is 11.6. The first-order valence-electron chi connectivity index (χ1n) is 6.53. The Kier molecular flexibility index (Phi) is 4.45. The van der Waals surface area contributed by atoms with E-state index >= 15 is 0 Å². The second-order valence-electron chi connectivity index (χ2n) is 4.98. The first-order chi connectivity index (χ1) is 9.47. The molecule has 0 unspecified atom stereocenters. The number of nitrogens with one attached hydrogen (secondary N) is 1. The van der Waals surface area contributed by atoms with E-state index < -0.39 is 15.3 Å². The molecule has 4 heteroatoms. The molecule has 0 saturated heterocycles. The highest BCUT2D eigenvalue weighted by molar-refractivity contribution is 7.93. The summed E-state index contributed by atoms with van der Waals surface area (Å²) in [5, 5.41) is -0.443. The number of benzene rings is 2. The normalized spacial score (nSPS) is 11.6. The number of hydrogen-bond acceptors (Lipinski definition) is 2. The van der Waals surface area contributed by atoms with Gasteiger partial charge in [0.1, 0.15) is 0 Å². The van der Waals surface area contributed by atoms with E-state index in [9.17, 15) is 8.42 Å². The Balaban J connectivity index is 2.07. The van der Waals surface area contributed by atoms with Gasteiger partial charge < -0.3 is 0 Å². The van der Waals surface area contributed by atoms with Crippen molar-refractivity contribution in [3.8, 4) is 0 Å². The van der Waals surface area contributed by atoms with Crippen molar-refractivity contribution in [3.63, 3.8) is 0 Å². The fraction of sp³-hybridized carbons (Fsp3) is 0.250. The minimum atomic E-state index is -3.28. The van der Waals surface area contributed by atoms with Gasteiger partial charge in [0.15, 0.2) is 0 Å². The van der Waals surface area contributed by atoms with Crippen molar-refractivity contribution < 1.29 is 8.42 Å². The maximum absolute atomic E-state index is 11.8. The minimum absolute atomic E-state index is 0.443. The second-order valence-corrected chi connectivity index (χ2v) is 7.22. The van der Waals surface area contributed by atoms with Crippen molar-refractivity contribution in [2.45, 2.75) is 25.5 Å². The van der Waals surface area contributed by atoms with Crippen molar-refractivity contribution in [1.29, 1.82) is 0 Å². The van der Waals surface area contributed by atoms with Crippen molar-refractivity contribution in [2.24, 2.45) is 0 Å². The van der Waals surface area contributed by atoms with Crippen molar-refractivity contribution in [1.82, 2.24) is 0 Å². The van der Waals surface area contributed by atoms with Crippen LogP contribution in [0, 0.1) is 6.07 Å². The van der Waals surface area contributed by atoms with E-state index in [2.05, 4.69) is 10.8 Å². The van der Waals surface area contributed by atoms with Crippen LogP contribution in [0.4, 0.5) is 5.69 Å². The summed E-state index contributed by atoms with van der Waals surface area (Å²) in [6, 6.07) is 18.3. The number of anilines is 1. The first-order valence-corrected chi connectivity index (χ1v) is 8.07. The van der Waals surface area contributed by atoms with E-state index in [4.69, 9.17) is 0 Å². The van der Waals surface area contributed by atoms with Crippen molar-refractivity contribution in [2.75, 3.05) is 4.72 Å². The molecule has 20 heavy (non-hydrogen) atoms. The largest absolute Gasteiger partial charge is 0.283 e. The van der Waals surface area contributed by atoms with Crippen LogP contribution < -0.4 is 4.72 Å². The van der Waals surface area contributed by atoms with Crippen molar-refractivity contribution in [3.05, 3.63) is 65.7 Å². The topological polar surface area (TPSA) is 46.2 Å². The average Bonchev–Trinajstić information content (AvgIpc) is 2.42. The van der Waals surface area contributed by atoms with Gasteiger partial charge in [0, 0.05) is 5.69 Å². The zero-order valence-corrected chi connectivity index (χ0v) is 12.4. The van der Waals surface area contributed by atoms with Gasteiger partial charge in [0.2, 0.25) is 10.0 Å². The Bertz CT molecular complexity index is 647. The average molecular weight is 288 g/mol. The van der Waals surface area contributed by atoms with Gasteiger partial charge in [-0.25, -0.2) is 8.42 Å². The highest BCUT2D eigenvalue weighted by atomic mass is 32.2. The molecule has 0 spiro atoms. The van der Waals surface area contributed by atoms with E-state index in [1.54, 1.807) is 26.0 Å². The van der Waals surface area contributed by atoms with Crippen LogP contribution in [0.2, 0.25) is 0 Å². The van der Waals surface area contributed by atoms with E-state index in [0.717, 1.165) is 12.0 Å². The molecule has 2 aromatic carbocycles. The molecular formula is C16H18NO2S. The summed E-state index contributed by atoms with van der Waals surface area (Å²) in [6.07, 6.45) is 0.814. The summed E-state index contributed by atoms with van der Waals surface area (Å²) in [5.41, 5.74) is 2.92.